The summed E-state index contributed by atoms with van der Waals surface area (Å²) in [5.41, 5.74) is 4.96. The molecule has 0 atom stereocenters. The molecule has 25 heteroatoms. The summed E-state index contributed by atoms with van der Waals surface area (Å²) in [6.45, 7) is 2.76. The molecule has 562 valence electrons. The zero-order chi connectivity index (χ0) is 78.8. The number of hydrogen-bond donors (Lipinski definition) is 0. The number of fused-ring (bicyclic) bond motifs is 9. The molecule has 114 heavy (non-hydrogen) atoms. The summed E-state index contributed by atoms with van der Waals surface area (Å²) in [7, 11) is 6.61. The molecule has 0 saturated carbocycles. The molecule has 9 aromatic heterocycles. The van der Waals surface area contributed by atoms with Gasteiger partial charge >= 0.3 is 98.1 Å². The number of para-hydroxylation sites is 9. The normalized spacial score (nSPS) is 9.79. The van der Waals surface area contributed by atoms with Gasteiger partial charge in [0.25, 0.3) is 0 Å². The third-order valence-electron chi connectivity index (χ3n) is 15.3. The van der Waals surface area contributed by atoms with Crippen LogP contribution in [-0.4, -0.2) is 99.7 Å². The number of aromatic nitrogens is 9. The number of methoxy groups -OCH3 is 4. The maximum absolute atomic E-state index is 11.1. The van der Waals surface area contributed by atoms with Gasteiger partial charge < -0.3 is 64.9 Å². The molecule has 0 amide bonds. The van der Waals surface area contributed by atoms with Gasteiger partial charge in [0, 0.05) is 84.2 Å². The minimum Gasteiger partial charge on any atom is -0.871 e. The van der Waals surface area contributed by atoms with Gasteiger partial charge in [-0.25, -0.2) is 0 Å². The Balaban J connectivity index is 0.000000224. The second-order valence-corrected chi connectivity index (χ2v) is 23.0. The summed E-state index contributed by atoms with van der Waals surface area (Å²) in [4.78, 5) is 35.7. The minimum absolute atomic E-state index is 0. The third-order valence-corrected chi connectivity index (χ3v) is 15.3. The van der Waals surface area contributed by atoms with Gasteiger partial charge in [-0.3, -0.25) is 44.9 Å². The topological polar surface area (TPSA) is 360 Å². The Morgan fingerprint density at radius 2 is 0.263 bits per heavy atom. The molecule has 22 nitrogen and oxygen atoms in total. The SMILES string of the molecule is COCCOC.COCCOC.[O-]c1cccc2cccnc12.[O-]c1cccc2cccnc12.[O-]c1cccc2cccnc12.[O-]c1cccc2cccnc12.[O-]c1cccc2cccnc12.[O-]c1cccc2cccnc12.[O-]c1cccc2cccnc12.[O-]c1cccc2cccnc12.[O-]c1cccc2cccnc12.[Y+3].[Y+3].[Y+3]. The zero-order valence-electron chi connectivity index (χ0n) is 62.6. The molecule has 18 aromatic rings. The molecule has 0 N–H and O–H groups in total. The Bertz CT molecular complexity index is 4690. The van der Waals surface area contributed by atoms with Crippen LogP contribution in [0.15, 0.2) is 329 Å². The van der Waals surface area contributed by atoms with Crippen molar-refractivity contribution in [2.45, 2.75) is 0 Å². The minimum atomic E-state index is -0.0110. The molecule has 0 radical (unpaired) electrons. The molecule has 0 saturated heterocycles. The average molecular weight is 1740 g/mol. The van der Waals surface area contributed by atoms with E-state index in [1.54, 1.807) is 139 Å². The molecule has 0 bridgehead atoms. The third kappa shape index (κ3) is 29.8. The van der Waals surface area contributed by atoms with E-state index in [1.807, 2.05) is 164 Å². The van der Waals surface area contributed by atoms with Crippen molar-refractivity contribution in [1.82, 2.24) is 44.9 Å². The van der Waals surface area contributed by atoms with E-state index in [4.69, 9.17) is 0 Å². The van der Waals surface area contributed by atoms with Crippen molar-refractivity contribution in [3.05, 3.63) is 329 Å². The van der Waals surface area contributed by atoms with Gasteiger partial charge in [0.1, 0.15) is 0 Å². The molecule has 0 aliphatic carbocycles. The van der Waals surface area contributed by atoms with Gasteiger partial charge in [-0.2, -0.15) is 0 Å². The quantitative estimate of drug-likeness (QED) is 0.140. The van der Waals surface area contributed by atoms with Crippen LogP contribution in [0.2, 0.25) is 0 Å². The van der Waals surface area contributed by atoms with Gasteiger partial charge in [0.2, 0.25) is 0 Å². The van der Waals surface area contributed by atoms with Gasteiger partial charge in [0.05, 0.1) is 76.1 Å². The van der Waals surface area contributed by atoms with E-state index in [0.29, 0.717) is 76.1 Å². The average Bonchev–Trinajstić information content (AvgIpc) is 0.921. The van der Waals surface area contributed by atoms with E-state index in [-0.39, 0.29) is 150 Å². The predicted octanol–water partition coefficient (Wildman–Crippen LogP) is 12.3. The van der Waals surface area contributed by atoms with Crippen molar-refractivity contribution in [2.24, 2.45) is 0 Å². The Kier molecular flexibility index (Phi) is 43.0. The first-order chi connectivity index (χ1) is 54.2. The van der Waals surface area contributed by atoms with Gasteiger partial charge in [-0.05, 0) is 103 Å². The first kappa shape index (κ1) is 93.6. The number of ether oxygens (including phenoxy) is 4. The Labute approximate surface area is 734 Å². The van der Waals surface area contributed by atoms with Crippen LogP contribution in [0.5, 0.6) is 51.7 Å². The molecule has 0 fully saturated rings. The molecule has 0 spiro atoms. The van der Waals surface area contributed by atoms with E-state index in [9.17, 15) is 46.0 Å². The van der Waals surface area contributed by atoms with Crippen molar-refractivity contribution in [3.63, 3.8) is 0 Å². The van der Waals surface area contributed by atoms with Gasteiger partial charge in [0.15, 0.2) is 0 Å². The van der Waals surface area contributed by atoms with E-state index in [0.717, 1.165) is 48.5 Å². The molecule has 18 rings (SSSR count). The smallest absolute Gasteiger partial charge is 0.871 e. The second kappa shape index (κ2) is 52.4. The summed E-state index contributed by atoms with van der Waals surface area (Å²) in [5.74, 6) is -0.0992. The molecule has 0 aliphatic rings. The van der Waals surface area contributed by atoms with Crippen LogP contribution < -0.4 is 46.0 Å². The number of nitrogens with zero attached hydrogens (tertiary/aromatic N) is 9. The standard InChI is InChI=1S/9C9H7NO.2C4H10O2.3Y/c9*11-8-5-1-3-7-4-2-6-10-9(7)8;2*1-5-3-4-6-2;;;/h9*1-6,11H;2*3-4H2,1-2H3;;;/q;;;;;;;;;;;3*+3/p-9. The fourth-order valence-corrected chi connectivity index (χ4v) is 10.0. The zero-order valence-corrected chi connectivity index (χ0v) is 71.1. The Morgan fingerprint density at radius 3 is 0.351 bits per heavy atom. The maximum atomic E-state index is 11.1. The van der Waals surface area contributed by atoms with Crippen LogP contribution in [0.25, 0.3) is 98.1 Å². The van der Waals surface area contributed by atoms with E-state index in [2.05, 4.69) is 63.8 Å². The fourth-order valence-electron chi connectivity index (χ4n) is 10.0. The Hall–Kier alpha value is -11.0. The second-order valence-electron chi connectivity index (χ2n) is 23.0. The number of hydrogen-bond acceptors (Lipinski definition) is 22. The van der Waals surface area contributed by atoms with Crippen LogP contribution in [0, 0.1) is 0 Å². The van der Waals surface area contributed by atoms with Crippen molar-refractivity contribution >= 4 is 98.1 Å². The predicted molar refractivity (Wildman–Crippen MR) is 418 cm³/mol. The van der Waals surface area contributed by atoms with Crippen LogP contribution in [-0.2, 0) is 117 Å². The fraction of sp³-hybridized carbons (Fsp3) is 0.0899. The van der Waals surface area contributed by atoms with Crippen molar-refractivity contribution in [1.29, 1.82) is 0 Å². The molecular weight excluding hydrogens is 1670 g/mol. The molecule has 9 heterocycles. The number of pyridine rings is 9. The van der Waals surface area contributed by atoms with E-state index in [1.165, 1.54) is 54.6 Å². The summed E-state index contributed by atoms with van der Waals surface area (Å²) < 4.78 is 18.6. The van der Waals surface area contributed by atoms with Gasteiger partial charge in [-0.15, -0.1) is 0 Å². The first-order valence-electron chi connectivity index (χ1n) is 34.3. The first-order valence-corrected chi connectivity index (χ1v) is 34.3. The maximum Gasteiger partial charge on any atom is 3.00 e. The van der Waals surface area contributed by atoms with Crippen molar-refractivity contribution in [2.75, 3.05) is 54.9 Å². The summed E-state index contributed by atoms with van der Waals surface area (Å²) >= 11 is 0. The number of rotatable bonds is 6. The van der Waals surface area contributed by atoms with E-state index >= 15 is 0 Å². The van der Waals surface area contributed by atoms with Crippen LogP contribution in [0.1, 0.15) is 0 Å². The molecular formula is C89H74N9O13Y3. The van der Waals surface area contributed by atoms with E-state index < -0.39 is 0 Å². The monoisotopic (exact) mass is 1740 g/mol. The molecule has 0 unspecified atom stereocenters. The summed E-state index contributed by atoms with van der Waals surface area (Å²) in [5, 5.41) is 108. The number of benzene rings is 9. The summed E-state index contributed by atoms with van der Waals surface area (Å²) in [6.07, 6.45) is 14.7. The van der Waals surface area contributed by atoms with Crippen LogP contribution in [0.4, 0.5) is 0 Å². The molecule has 9 aromatic carbocycles. The van der Waals surface area contributed by atoms with Gasteiger partial charge in [-0.1, -0.05) is 270 Å². The molecule has 0 aliphatic heterocycles. The van der Waals surface area contributed by atoms with Crippen molar-refractivity contribution in [3.8, 4) is 51.7 Å². The van der Waals surface area contributed by atoms with Crippen LogP contribution in [0.3, 0.4) is 0 Å². The van der Waals surface area contributed by atoms with Crippen molar-refractivity contribution < 1.29 is 163 Å². The summed E-state index contributed by atoms with van der Waals surface area (Å²) in [6, 6.07) is 79.6. The van der Waals surface area contributed by atoms with Crippen LogP contribution >= 0.6 is 0 Å². The Morgan fingerprint density at radius 1 is 0.167 bits per heavy atom. The largest absolute Gasteiger partial charge is 3.00 e.